The van der Waals surface area contributed by atoms with Crippen molar-refractivity contribution in [3.05, 3.63) is 30.1 Å². The fourth-order valence-electron chi connectivity index (χ4n) is 4.11. The Balaban J connectivity index is 1.71. The van der Waals surface area contributed by atoms with Crippen molar-refractivity contribution in [3.8, 4) is 0 Å². The summed E-state index contributed by atoms with van der Waals surface area (Å²) in [5.41, 5.74) is 0.152. The first-order valence-corrected chi connectivity index (χ1v) is 9.76. The number of likely N-dealkylation sites (N-methyl/N-ethyl adjacent to an activating group) is 1. The highest BCUT2D eigenvalue weighted by Gasteiger charge is 2.45. The number of rotatable bonds is 4. The van der Waals surface area contributed by atoms with Gasteiger partial charge in [0.15, 0.2) is 0 Å². The first kappa shape index (κ1) is 17.8. The minimum Gasteiger partial charge on any atom is -0.383 e. The summed E-state index contributed by atoms with van der Waals surface area (Å²) in [4.78, 5) is 2.09. The molecule has 0 aliphatic carbocycles. The zero-order chi connectivity index (χ0) is 17.4. The summed E-state index contributed by atoms with van der Waals surface area (Å²) in [6.45, 7) is 2.57. The Bertz CT molecular complexity index is 687. The van der Waals surface area contributed by atoms with Gasteiger partial charge in [0.25, 0.3) is 0 Å². The van der Waals surface area contributed by atoms with Crippen LogP contribution >= 0.6 is 0 Å². The van der Waals surface area contributed by atoms with E-state index < -0.39 is 15.8 Å². The number of methoxy groups -OCH3 is 1. The van der Waals surface area contributed by atoms with Crippen LogP contribution in [0.15, 0.2) is 29.2 Å². The van der Waals surface area contributed by atoms with Gasteiger partial charge in [0.1, 0.15) is 10.7 Å². The SMILES string of the molecule is COC[C@@H]1CC2(CCN(S(=O)(=O)c3ccccc3F)CC2)CN1C. The molecule has 2 aliphatic heterocycles. The molecule has 0 saturated carbocycles. The van der Waals surface area contributed by atoms with Gasteiger partial charge in [0.2, 0.25) is 10.0 Å². The lowest BCUT2D eigenvalue weighted by Gasteiger charge is -2.38. The van der Waals surface area contributed by atoms with Gasteiger partial charge in [-0.25, -0.2) is 12.8 Å². The van der Waals surface area contributed by atoms with Crippen LogP contribution in [0.1, 0.15) is 19.3 Å². The lowest BCUT2D eigenvalue weighted by molar-refractivity contribution is 0.129. The Kier molecular flexibility index (Phi) is 4.97. The van der Waals surface area contributed by atoms with Crippen molar-refractivity contribution in [1.82, 2.24) is 9.21 Å². The molecule has 2 fully saturated rings. The number of hydrogen-bond donors (Lipinski definition) is 0. The van der Waals surface area contributed by atoms with Gasteiger partial charge in [-0.1, -0.05) is 12.1 Å². The number of halogens is 1. The summed E-state index contributed by atoms with van der Waals surface area (Å²) in [7, 11) is 0.0527. The summed E-state index contributed by atoms with van der Waals surface area (Å²) >= 11 is 0. The van der Waals surface area contributed by atoms with Gasteiger partial charge >= 0.3 is 0 Å². The Labute approximate surface area is 143 Å². The van der Waals surface area contributed by atoms with Crippen LogP contribution in [0.4, 0.5) is 4.39 Å². The molecule has 1 atom stereocenters. The smallest absolute Gasteiger partial charge is 0.245 e. The average Bonchev–Trinajstić information content (AvgIpc) is 2.84. The molecule has 1 aromatic carbocycles. The quantitative estimate of drug-likeness (QED) is 0.827. The van der Waals surface area contributed by atoms with E-state index in [1.807, 2.05) is 0 Å². The second kappa shape index (κ2) is 6.71. The maximum Gasteiger partial charge on any atom is 0.245 e. The molecule has 2 saturated heterocycles. The van der Waals surface area contributed by atoms with E-state index in [2.05, 4.69) is 11.9 Å². The van der Waals surface area contributed by atoms with E-state index in [0.29, 0.717) is 25.7 Å². The van der Waals surface area contributed by atoms with E-state index >= 15 is 0 Å². The lowest BCUT2D eigenvalue weighted by Crippen LogP contribution is -2.44. The van der Waals surface area contributed by atoms with Crippen LogP contribution < -0.4 is 0 Å². The number of piperidine rings is 1. The van der Waals surface area contributed by atoms with E-state index in [-0.39, 0.29) is 10.3 Å². The van der Waals surface area contributed by atoms with E-state index in [4.69, 9.17) is 4.74 Å². The fraction of sp³-hybridized carbons (Fsp3) is 0.647. The predicted molar refractivity (Wildman–Crippen MR) is 89.7 cm³/mol. The normalized spacial score (nSPS) is 25.4. The van der Waals surface area contributed by atoms with Crippen LogP contribution in [0, 0.1) is 11.2 Å². The third kappa shape index (κ3) is 3.22. The van der Waals surface area contributed by atoms with Gasteiger partial charge in [0.05, 0.1) is 6.61 Å². The monoisotopic (exact) mass is 356 g/mol. The molecule has 0 bridgehead atoms. The first-order valence-electron chi connectivity index (χ1n) is 8.32. The Morgan fingerprint density at radius 2 is 1.96 bits per heavy atom. The molecular formula is C17H25FN2O3S. The summed E-state index contributed by atoms with van der Waals surface area (Å²) in [6.07, 6.45) is 2.65. The molecule has 0 N–H and O–H groups in total. The van der Waals surface area contributed by atoms with Gasteiger partial charge in [0, 0.05) is 32.8 Å². The van der Waals surface area contributed by atoms with Gasteiger partial charge in [-0.2, -0.15) is 4.31 Å². The van der Waals surface area contributed by atoms with Crippen molar-refractivity contribution in [2.24, 2.45) is 5.41 Å². The highest BCUT2D eigenvalue weighted by atomic mass is 32.2. The molecule has 3 rings (SSSR count). The Hall–Kier alpha value is -1.02. The van der Waals surface area contributed by atoms with Crippen LogP contribution in [-0.4, -0.2) is 64.1 Å². The van der Waals surface area contributed by atoms with Crippen LogP contribution in [0.5, 0.6) is 0 Å². The molecule has 2 aliphatic rings. The minimum atomic E-state index is -3.76. The zero-order valence-corrected chi connectivity index (χ0v) is 15.1. The maximum atomic E-state index is 13.9. The topological polar surface area (TPSA) is 49.9 Å². The standard InChI is InChI=1S/C17H25FN2O3S/c1-19-13-17(11-14(19)12-23-2)7-9-20(10-8-17)24(21,22)16-6-4-3-5-15(16)18/h3-6,14H,7-13H2,1-2H3/t14-/m0/s1. The van der Waals surface area contributed by atoms with Crippen LogP contribution in [0.25, 0.3) is 0 Å². The summed E-state index contributed by atoms with van der Waals surface area (Å²) in [5, 5.41) is 0. The lowest BCUT2D eigenvalue weighted by atomic mass is 9.77. The number of benzene rings is 1. The van der Waals surface area contributed by atoms with Gasteiger partial charge in [-0.3, -0.25) is 0 Å². The van der Waals surface area contributed by atoms with E-state index in [1.54, 1.807) is 13.2 Å². The minimum absolute atomic E-state index is 0.152. The van der Waals surface area contributed by atoms with E-state index in [0.717, 1.165) is 25.8 Å². The maximum absolute atomic E-state index is 13.9. The second-order valence-electron chi connectivity index (χ2n) is 7.06. The highest BCUT2D eigenvalue weighted by Crippen LogP contribution is 2.43. The molecule has 2 heterocycles. The van der Waals surface area contributed by atoms with Gasteiger partial charge < -0.3 is 9.64 Å². The van der Waals surface area contributed by atoms with Gasteiger partial charge in [-0.15, -0.1) is 0 Å². The molecule has 24 heavy (non-hydrogen) atoms. The number of hydrogen-bond acceptors (Lipinski definition) is 4. The zero-order valence-electron chi connectivity index (χ0n) is 14.2. The third-order valence-electron chi connectivity index (χ3n) is 5.47. The first-order chi connectivity index (χ1) is 11.4. The fourth-order valence-corrected chi connectivity index (χ4v) is 5.62. The Morgan fingerprint density at radius 1 is 1.29 bits per heavy atom. The van der Waals surface area contributed by atoms with Crippen LogP contribution in [0.2, 0.25) is 0 Å². The molecule has 134 valence electrons. The van der Waals surface area contributed by atoms with Crippen molar-refractivity contribution in [2.75, 3.05) is 40.4 Å². The predicted octanol–water partition coefficient (Wildman–Crippen LogP) is 1.95. The van der Waals surface area contributed by atoms with Crippen LogP contribution in [-0.2, 0) is 14.8 Å². The van der Waals surface area contributed by atoms with E-state index in [9.17, 15) is 12.8 Å². The number of sulfonamides is 1. The van der Waals surface area contributed by atoms with Crippen LogP contribution in [0.3, 0.4) is 0 Å². The molecular weight excluding hydrogens is 331 g/mol. The highest BCUT2D eigenvalue weighted by molar-refractivity contribution is 7.89. The summed E-state index contributed by atoms with van der Waals surface area (Å²) < 4.78 is 46.0. The van der Waals surface area contributed by atoms with E-state index in [1.165, 1.54) is 22.5 Å². The van der Waals surface area contributed by atoms with Crippen molar-refractivity contribution in [3.63, 3.8) is 0 Å². The van der Waals surface area contributed by atoms with Crippen molar-refractivity contribution >= 4 is 10.0 Å². The Morgan fingerprint density at radius 3 is 2.58 bits per heavy atom. The second-order valence-corrected chi connectivity index (χ2v) is 8.97. The van der Waals surface area contributed by atoms with Crippen molar-refractivity contribution in [1.29, 1.82) is 0 Å². The molecule has 0 aromatic heterocycles. The van der Waals surface area contributed by atoms with Crippen molar-refractivity contribution in [2.45, 2.75) is 30.2 Å². The molecule has 1 spiro atoms. The number of nitrogens with zero attached hydrogens (tertiary/aromatic N) is 2. The molecule has 0 amide bonds. The molecule has 0 unspecified atom stereocenters. The average molecular weight is 356 g/mol. The largest absolute Gasteiger partial charge is 0.383 e. The van der Waals surface area contributed by atoms with Crippen molar-refractivity contribution < 1.29 is 17.5 Å². The number of likely N-dealkylation sites (tertiary alicyclic amines) is 1. The number of ether oxygens (including phenoxy) is 1. The molecule has 1 aromatic rings. The summed E-state index contributed by atoms with van der Waals surface area (Å²) in [5.74, 6) is -0.682. The molecule has 0 radical (unpaired) electrons. The third-order valence-corrected chi connectivity index (χ3v) is 7.41. The molecule has 5 nitrogen and oxygen atoms in total. The van der Waals surface area contributed by atoms with Gasteiger partial charge in [-0.05, 0) is 43.9 Å². The molecule has 7 heteroatoms. The summed E-state index contributed by atoms with van der Waals surface area (Å²) in [6, 6.07) is 5.99.